The van der Waals surface area contributed by atoms with E-state index in [1.165, 1.54) is 0 Å². The third kappa shape index (κ3) is 2.96. The van der Waals surface area contributed by atoms with Gasteiger partial charge in [-0.1, -0.05) is 5.16 Å². The molecule has 1 spiro atoms. The van der Waals surface area contributed by atoms with Crippen molar-refractivity contribution in [2.45, 2.75) is 44.6 Å². The van der Waals surface area contributed by atoms with Gasteiger partial charge in [0, 0.05) is 35.0 Å². The van der Waals surface area contributed by atoms with Crippen LogP contribution in [0, 0.1) is 6.92 Å². The lowest BCUT2D eigenvalue weighted by atomic mass is 9.76. The highest BCUT2D eigenvalue weighted by molar-refractivity contribution is 5.54. The molecule has 0 amide bonds. The smallest absolute Gasteiger partial charge is 0.254 e. The molecule has 2 aliphatic rings. The average molecular weight is 377 g/mol. The Hall–Kier alpha value is -2.80. The Labute approximate surface area is 162 Å². The van der Waals surface area contributed by atoms with E-state index in [-0.39, 0.29) is 11.0 Å². The Morgan fingerprint density at radius 3 is 2.86 bits per heavy atom. The number of H-pyrrole nitrogens is 1. The van der Waals surface area contributed by atoms with Gasteiger partial charge < -0.3 is 9.51 Å². The number of rotatable bonds is 3. The van der Waals surface area contributed by atoms with Crippen LogP contribution in [0.1, 0.15) is 42.0 Å². The molecule has 1 N–H and O–H groups in total. The maximum Gasteiger partial charge on any atom is 0.254 e. The van der Waals surface area contributed by atoms with Crippen molar-refractivity contribution in [1.29, 1.82) is 0 Å². The molecule has 0 unspecified atom stereocenters. The zero-order valence-electron chi connectivity index (χ0n) is 15.9. The molecular weight excluding hydrogens is 354 g/mol. The predicted molar refractivity (Wildman–Crippen MR) is 104 cm³/mol. The summed E-state index contributed by atoms with van der Waals surface area (Å²) in [6.45, 7) is 4.66. The van der Waals surface area contributed by atoms with E-state index in [1.807, 2.05) is 25.1 Å². The van der Waals surface area contributed by atoms with Gasteiger partial charge in [-0.05, 0) is 57.8 Å². The molecule has 0 saturated carbocycles. The summed E-state index contributed by atoms with van der Waals surface area (Å²) in [7, 11) is 0. The number of pyridine rings is 1. The van der Waals surface area contributed by atoms with E-state index < -0.39 is 0 Å². The largest absolute Gasteiger partial charge is 0.360 e. The number of hydrogen-bond acceptors (Lipinski definition) is 6. The Morgan fingerprint density at radius 1 is 1.29 bits per heavy atom. The molecule has 0 aromatic carbocycles. The van der Waals surface area contributed by atoms with Crippen LogP contribution in [0.2, 0.25) is 0 Å². The van der Waals surface area contributed by atoms with Gasteiger partial charge in [0.1, 0.15) is 5.82 Å². The van der Waals surface area contributed by atoms with E-state index in [9.17, 15) is 4.79 Å². The summed E-state index contributed by atoms with van der Waals surface area (Å²) in [5.41, 5.74) is 3.65. The van der Waals surface area contributed by atoms with Crippen LogP contribution in [0.5, 0.6) is 0 Å². The standard InChI is InChI=1S/C21H23N5O2/c1-14-11-16(28-25-14)13-26-9-6-21(7-10-26)5-4-17-18(21)23-19(24-20(17)27)15-3-2-8-22-12-15/h2-3,8,11-12H,4-7,9-10,13H2,1H3,(H,23,24,27). The van der Waals surface area contributed by atoms with Crippen molar-refractivity contribution in [3.63, 3.8) is 0 Å². The number of nitrogens with zero attached hydrogens (tertiary/aromatic N) is 4. The molecule has 144 valence electrons. The quantitative estimate of drug-likeness (QED) is 0.755. The maximum atomic E-state index is 12.7. The van der Waals surface area contributed by atoms with E-state index in [2.05, 4.69) is 20.0 Å². The lowest BCUT2D eigenvalue weighted by Gasteiger charge is -2.39. The van der Waals surface area contributed by atoms with E-state index in [0.29, 0.717) is 5.82 Å². The minimum Gasteiger partial charge on any atom is -0.360 e. The molecule has 5 rings (SSSR count). The summed E-state index contributed by atoms with van der Waals surface area (Å²) in [4.78, 5) is 27.1. The highest BCUT2D eigenvalue weighted by Gasteiger charge is 2.44. The second kappa shape index (κ2) is 6.67. The minimum absolute atomic E-state index is 0.000271. The molecule has 0 atom stereocenters. The van der Waals surface area contributed by atoms with Crippen molar-refractivity contribution in [2.75, 3.05) is 13.1 Å². The first kappa shape index (κ1) is 17.3. The van der Waals surface area contributed by atoms with Gasteiger partial charge in [-0.2, -0.15) is 0 Å². The molecule has 0 bridgehead atoms. The zero-order chi connectivity index (χ0) is 19.1. The summed E-state index contributed by atoms with van der Waals surface area (Å²) in [6, 6.07) is 5.79. The van der Waals surface area contributed by atoms with Crippen LogP contribution in [0.3, 0.4) is 0 Å². The summed E-state index contributed by atoms with van der Waals surface area (Å²) in [5, 5.41) is 3.98. The van der Waals surface area contributed by atoms with Crippen LogP contribution in [0.15, 0.2) is 39.9 Å². The monoisotopic (exact) mass is 377 g/mol. The molecule has 0 radical (unpaired) electrons. The van der Waals surface area contributed by atoms with Crippen molar-refractivity contribution < 1.29 is 4.52 Å². The SMILES string of the molecule is Cc1cc(CN2CCC3(CCc4c3nc(-c3cccnc3)[nH]c4=O)CC2)on1. The average Bonchev–Trinajstić information content (AvgIpc) is 3.29. The van der Waals surface area contributed by atoms with Crippen molar-refractivity contribution in [2.24, 2.45) is 0 Å². The molecule has 3 aromatic rings. The van der Waals surface area contributed by atoms with E-state index in [4.69, 9.17) is 9.51 Å². The summed E-state index contributed by atoms with van der Waals surface area (Å²) >= 11 is 0. The van der Waals surface area contributed by atoms with Crippen LogP contribution in [-0.2, 0) is 18.4 Å². The molecule has 4 heterocycles. The van der Waals surface area contributed by atoms with Gasteiger partial charge >= 0.3 is 0 Å². The fourth-order valence-corrected chi connectivity index (χ4v) is 4.63. The van der Waals surface area contributed by atoms with Gasteiger partial charge in [-0.3, -0.25) is 14.7 Å². The number of aromatic amines is 1. The first-order valence-corrected chi connectivity index (χ1v) is 9.82. The molecule has 1 saturated heterocycles. The van der Waals surface area contributed by atoms with Crippen LogP contribution < -0.4 is 5.56 Å². The minimum atomic E-state index is 0.000271. The Bertz CT molecular complexity index is 1050. The molecule has 7 heteroatoms. The topological polar surface area (TPSA) is 87.9 Å². The van der Waals surface area contributed by atoms with Gasteiger partial charge in [-0.15, -0.1) is 0 Å². The number of nitrogens with one attached hydrogen (secondary N) is 1. The second-order valence-electron chi connectivity index (χ2n) is 7.97. The third-order valence-electron chi connectivity index (χ3n) is 6.18. The first-order valence-electron chi connectivity index (χ1n) is 9.82. The van der Waals surface area contributed by atoms with Gasteiger partial charge in [0.15, 0.2) is 5.76 Å². The van der Waals surface area contributed by atoms with Crippen LogP contribution in [-0.4, -0.2) is 38.1 Å². The number of hydrogen-bond donors (Lipinski definition) is 1. The highest BCUT2D eigenvalue weighted by Crippen LogP contribution is 2.44. The fourth-order valence-electron chi connectivity index (χ4n) is 4.63. The molecular formula is C21H23N5O2. The zero-order valence-corrected chi connectivity index (χ0v) is 15.9. The number of piperidine rings is 1. The summed E-state index contributed by atoms with van der Waals surface area (Å²) in [5.74, 6) is 1.53. The Balaban J connectivity index is 1.40. The number of fused-ring (bicyclic) bond motifs is 2. The maximum absolute atomic E-state index is 12.7. The Kier molecular flexibility index (Phi) is 4.12. The molecule has 7 nitrogen and oxygen atoms in total. The van der Waals surface area contributed by atoms with Crippen LogP contribution >= 0.6 is 0 Å². The first-order chi connectivity index (χ1) is 13.6. The van der Waals surface area contributed by atoms with Gasteiger partial charge in [0.25, 0.3) is 5.56 Å². The number of likely N-dealkylation sites (tertiary alicyclic amines) is 1. The van der Waals surface area contributed by atoms with E-state index in [1.54, 1.807) is 12.4 Å². The molecule has 1 aliphatic heterocycles. The third-order valence-corrected chi connectivity index (χ3v) is 6.18. The van der Waals surface area contributed by atoms with Crippen molar-refractivity contribution in [3.8, 4) is 11.4 Å². The molecule has 1 fully saturated rings. The van der Waals surface area contributed by atoms with Crippen molar-refractivity contribution in [1.82, 2.24) is 25.0 Å². The molecule has 3 aromatic heterocycles. The lowest BCUT2D eigenvalue weighted by Crippen LogP contribution is -2.41. The summed E-state index contributed by atoms with van der Waals surface area (Å²) < 4.78 is 5.37. The second-order valence-corrected chi connectivity index (χ2v) is 7.97. The Morgan fingerprint density at radius 2 is 2.14 bits per heavy atom. The summed E-state index contributed by atoms with van der Waals surface area (Å²) in [6.07, 6.45) is 7.30. The van der Waals surface area contributed by atoms with Gasteiger partial charge in [0.2, 0.25) is 0 Å². The molecule has 28 heavy (non-hydrogen) atoms. The van der Waals surface area contributed by atoms with Gasteiger partial charge in [-0.25, -0.2) is 4.98 Å². The number of aromatic nitrogens is 4. The van der Waals surface area contributed by atoms with Crippen LogP contribution in [0.25, 0.3) is 11.4 Å². The van der Waals surface area contributed by atoms with E-state index in [0.717, 1.165) is 73.6 Å². The van der Waals surface area contributed by atoms with Gasteiger partial charge in [0.05, 0.1) is 17.9 Å². The predicted octanol–water partition coefficient (Wildman–Crippen LogP) is 2.61. The lowest BCUT2D eigenvalue weighted by molar-refractivity contribution is 0.138. The fraction of sp³-hybridized carbons (Fsp3) is 0.429. The van der Waals surface area contributed by atoms with Crippen molar-refractivity contribution >= 4 is 0 Å². The highest BCUT2D eigenvalue weighted by atomic mass is 16.5. The molecule has 1 aliphatic carbocycles. The van der Waals surface area contributed by atoms with E-state index >= 15 is 0 Å². The van der Waals surface area contributed by atoms with Crippen LogP contribution in [0.4, 0.5) is 0 Å². The van der Waals surface area contributed by atoms with Crippen molar-refractivity contribution in [3.05, 3.63) is 63.7 Å². The normalized spacial score (nSPS) is 18.5. The number of aryl methyl sites for hydroxylation is 1.